The van der Waals surface area contributed by atoms with Crippen LogP contribution >= 0.6 is 0 Å². The van der Waals surface area contributed by atoms with Crippen LogP contribution in [0, 0.1) is 13.8 Å². The van der Waals surface area contributed by atoms with E-state index >= 15 is 0 Å². The highest BCUT2D eigenvalue weighted by molar-refractivity contribution is 5.90. The van der Waals surface area contributed by atoms with Crippen molar-refractivity contribution in [3.05, 3.63) is 22.5 Å². The second-order valence-electron chi connectivity index (χ2n) is 4.09. The fourth-order valence-corrected chi connectivity index (χ4v) is 2.02. The molecule has 1 atom stereocenters. The Bertz CT molecular complexity index is 465. The number of carbonyl (C=O) groups excluding carboxylic acids is 1. The van der Waals surface area contributed by atoms with Crippen molar-refractivity contribution in [3.8, 4) is 0 Å². The summed E-state index contributed by atoms with van der Waals surface area (Å²) in [5.41, 5.74) is 8.19. The van der Waals surface area contributed by atoms with Crippen molar-refractivity contribution in [2.24, 2.45) is 5.73 Å². The molecule has 1 unspecified atom stereocenters. The SMILES string of the molecule is CCOC(=O)c1[nH]c(C)c(C(N)CC(=O)O)c1C. The summed E-state index contributed by atoms with van der Waals surface area (Å²) < 4.78 is 4.91. The van der Waals surface area contributed by atoms with Gasteiger partial charge in [-0.05, 0) is 31.9 Å². The minimum atomic E-state index is -0.972. The lowest BCUT2D eigenvalue weighted by Crippen LogP contribution is -2.16. The number of carboxylic acid groups (broad SMARTS) is 1. The van der Waals surface area contributed by atoms with Crippen LogP contribution in [-0.4, -0.2) is 28.6 Å². The second kappa shape index (κ2) is 5.68. The molecule has 0 bridgehead atoms. The molecule has 0 radical (unpaired) electrons. The fourth-order valence-electron chi connectivity index (χ4n) is 2.02. The van der Waals surface area contributed by atoms with Crippen LogP contribution in [0.2, 0.25) is 0 Å². The summed E-state index contributed by atoms with van der Waals surface area (Å²) in [4.78, 5) is 25.2. The lowest BCUT2D eigenvalue weighted by atomic mass is 10.0. The maximum atomic E-state index is 11.7. The van der Waals surface area contributed by atoms with Gasteiger partial charge in [0.05, 0.1) is 13.0 Å². The Morgan fingerprint density at radius 3 is 2.56 bits per heavy atom. The first kappa shape index (κ1) is 14.2. The molecule has 0 saturated heterocycles. The van der Waals surface area contributed by atoms with Crippen molar-refractivity contribution < 1.29 is 19.4 Å². The molecular formula is C12H18N2O4. The Hall–Kier alpha value is -1.82. The third-order valence-corrected chi connectivity index (χ3v) is 2.74. The molecule has 0 fully saturated rings. The summed E-state index contributed by atoms with van der Waals surface area (Å²) in [6.45, 7) is 5.49. The Labute approximate surface area is 105 Å². The standard InChI is InChI=1S/C12H18N2O4/c1-4-18-12(17)11-6(2)10(7(3)14-11)8(13)5-9(15)16/h8,14H,4-5,13H2,1-3H3,(H,15,16). The smallest absolute Gasteiger partial charge is 0.355 e. The zero-order valence-electron chi connectivity index (χ0n) is 10.7. The number of hydrogen-bond acceptors (Lipinski definition) is 4. The van der Waals surface area contributed by atoms with Gasteiger partial charge in [-0.2, -0.15) is 0 Å². The van der Waals surface area contributed by atoms with Crippen molar-refractivity contribution in [2.75, 3.05) is 6.61 Å². The van der Waals surface area contributed by atoms with Gasteiger partial charge in [0.15, 0.2) is 0 Å². The lowest BCUT2D eigenvalue weighted by Gasteiger charge is -2.10. The largest absolute Gasteiger partial charge is 0.481 e. The van der Waals surface area contributed by atoms with E-state index in [0.717, 1.165) is 0 Å². The third-order valence-electron chi connectivity index (χ3n) is 2.74. The van der Waals surface area contributed by atoms with Gasteiger partial charge in [0.2, 0.25) is 0 Å². The molecule has 100 valence electrons. The number of aryl methyl sites for hydroxylation is 1. The second-order valence-corrected chi connectivity index (χ2v) is 4.09. The number of carbonyl (C=O) groups is 2. The highest BCUT2D eigenvalue weighted by Gasteiger charge is 2.23. The molecule has 1 aromatic heterocycles. The van der Waals surface area contributed by atoms with E-state index in [1.54, 1.807) is 20.8 Å². The fraction of sp³-hybridized carbons (Fsp3) is 0.500. The van der Waals surface area contributed by atoms with E-state index < -0.39 is 18.0 Å². The summed E-state index contributed by atoms with van der Waals surface area (Å²) in [5, 5.41) is 8.75. The van der Waals surface area contributed by atoms with Gasteiger partial charge in [-0.1, -0.05) is 0 Å². The monoisotopic (exact) mass is 254 g/mol. The number of nitrogens with one attached hydrogen (secondary N) is 1. The molecule has 0 spiro atoms. The van der Waals surface area contributed by atoms with E-state index in [1.165, 1.54) is 0 Å². The topological polar surface area (TPSA) is 105 Å². The first-order valence-electron chi connectivity index (χ1n) is 5.72. The quantitative estimate of drug-likeness (QED) is 0.686. The highest BCUT2D eigenvalue weighted by Crippen LogP contribution is 2.25. The minimum absolute atomic E-state index is 0.179. The Morgan fingerprint density at radius 2 is 2.06 bits per heavy atom. The van der Waals surface area contributed by atoms with Crippen LogP contribution in [0.15, 0.2) is 0 Å². The molecule has 1 heterocycles. The van der Waals surface area contributed by atoms with Crippen molar-refractivity contribution in [1.82, 2.24) is 4.98 Å². The van der Waals surface area contributed by atoms with Crippen LogP contribution in [0.1, 0.15) is 46.7 Å². The molecule has 0 aliphatic carbocycles. The summed E-state index contributed by atoms with van der Waals surface area (Å²) in [5.74, 6) is -1.42. The van der Waals surface area contributed by atoms with Gasteiger partial charge in [0.25, 0.3) is 0 Å². The van der Waals surface area contributed by atoms with Crippen molar-refractivity contribution >= 4 is 11.9 Å². The number of aliphatic carboxylic acids is 1. The van der Waals surface area contributed by atoms with Crippen molar-refractivity contribution in [1.29, 1.82) is 0 Å². The number of esters is 1. The van der Waals surface area contributed by atoms with Crippen LogP contribution in [0.5, 0.6) is 0 Å². The maximum absolute atomic E-state index is 11.7. The highest BCUT2D eigenvalue weighted by atomic mass is 16.5. The number of aromatic amines is 1. The van der Waals surface area contributed by atoms with E-state index in [1.807, 2.05) is 0 Å². The van der Waals surface area contributed by atoms with Gasteiger partial charge < -0.3 is 20.6 Å². The zero-order valence-corrected chi connectivity index (χ0v) is 10.7. The van der Waals surface area contributed by atoms with Crippen LogP contribution in [0.25, 0.3) is 0 Å². The van der Waals surface area contributed by atoms with Gasteiger partial charge in [0, 0.05) is 11.7 Å². The van der Waals surface area contributed by atoms with Gasteiger partial charge in [-0.25, -0.2) is 4.79 Å². The summed E-state index contributed by atoms with van der Waals surface area (Å²) >= 11 is 0. The average molecular weight is 254 g/mol. The molecule has 0 saturated carbocycles. The van der Waals surface area contributed by atoms with Gasteiger partial charge in [-0.3, -0.25) is 4.79 Å². The summed E-state index contributed by atoms with van der Waals surface area (Å²) in [7, 11) is 0. The first-order valence-corrected chi connectivity index (χ1v) is 5.72. The number of nitrogens with two attached hydrogens (primary N) is 1. The third kappa shape index (κ3) is 2.89. The number of aromatic nitrogens is 1. The molecule has 0 amide bonds. The Morgan fingerprint density at radius 1 is 1.44 bits per heavy atom. The molecule has 0 aliphatic heterocycles. The van der Waals surface area contributed by atoms with E-state index in [-0.39, 0.29) is 13.0 Å². The number of carboxylic acids is 1. The van der Waals surface area contributed by atoms with Crippen molar-refractivity contribution in [3.63, 3.8) is 0 Å². The number of H-pyrrole nitrogens is 1. The van der Waals surface area contributed by atoms with Gasteiger partial charge in [-0.15, -0.1) is 0 Å². The van der Waals surface area contributed by atoms with Crippen molar-refractivity contribution in [2.45, 2.75) is 33.2 Å². The number of ether oxygens (including phenoxy) is 1. The predicted molar refractivity (Wildman–Crippen MR) is 65.4 cm³/mol. The van der Waals surface area contributed by atoms with Crippen LogP contribution < -0.4 is 5.73 Å². The molecule has 1 aromatic rings. The van der Waals surface area contributed by atoms with Crippen LogP contribution in [0.3, 0.4) is 0 Å². The van der Waals surface area contributed by atoms with Crippen LogP contribution in [-0.2, 0) is 9.53 Å². The predicted octanol–water partition coefficient (Wildman–Crippen LogP) is 1.28. The number of hydrogen-bond donors (Lipinski definition) is 3. The van der Waals surface area contributed by atoms with E-state index in [0.29, 0.717) is 22.5 Å². The summed E-state index contributed by atoms with van der Waals surface area (Å²) in [6, 6.07) is -0.637. The number of rotatable bonds is 5. The summed E-state index contributed by atoms with van der Waals surface area (Å²) in [6.07, 6.45) is -0.179. The molecule has 1 rings (SSSR count). The van der Waals surface area contributed by atoms with E-state index in [2.05, 4.69) is 4.98 Å². The lowest BCUT2D eigenvalue weighted by molar-refractivity contribution is -0.137. The Kier molecular flexibility index (Phi) is 4.49. The zero-order chi connectivity index (χ0) is 13.9. The first-order chi connectivity index (χ1) is 8.38. The molecule has 6 nitrogen and oxygen atoms in total. The molecule has 4 N–H and O–H groups in total. The minimum Gasteiger partial charge on any atom is -0.481 e. The van der Waals surface area contributed by atoms with E-state index in [4.69, 9.17) is 15.6 Å². The van der Waals surface area contributed by atoms with E-state index in [9.17, 15) is 9.59 Å². The van der Waals surface area contributed by atoms with Crippen LogP contribution in [0.4, 0.5) is 0 Å². The average Bonchev–Trinajstić information content (AvgIpc) is 2.53. The molecule has 0 aromatic carbocycles. The van der Waals surface area contributed by atoms with Gasteiger partial charge >= 0.3 is 11.9 Å². The molecule has 18 heavy (non-hydrogen) atoms. The van der Waals surface area contributed by atoms with Gasteiger partial charge in [0.1, 0.15) is 5.69 Å². The molecule has 0 aliphatic rings. The Balaban J connectivity index is 3.07. The normalized spacial score (nSPS) is 12.2. The molecular weight excluding hydrogens is 236 g/mol. The maximum Gasteiger partial charge on any atom is 0.355 e. The molecule has 6 heteroatoms.